The highest BCUT2D eigenvalue weighted by Gasteiger charge is 2.20. The maximum Gasteiger partial charge on any atom is 0.224 e. The van der Waals surface area contributed by atoms with E-state index in [0.717, 1.165) is 17.1 Å². The van der Waals surface area contributed by atoms with Crippen LogP contribution in [-0.2, 0) is 11.3 Å². The molecule has 2 aromatic heterocycles. The first-order valence-electron chi connectivity index (χ1n) is 8.48. The SMILES string of the molecule is Cc1ccc(-c2n[nH]c(=S)n2CCC(=O)N(C)C(C)c2ccco2)cc1. The molecule has 1 N–H and O–H groups in total. The number of H-pyrrole nitrogens is 1. The van der Waals surface area contributed by atoms with E-state index in [9.17, 15) is 4.79 Å². The molecule has 0 fully saturated rings. The zero-order valence-electron chi connectivity index (χ0n) is 15.1. The predicted molar refractivity (Wildman–Crippen MR) is 102 cm³/mol. The highest BCUT2D eigenvalue weighted by molar-refractivity contribution is 7.71. The number of amides is 1. The summed E-state index contributed by atoms with van der Waals surface area (Å²) in [5.74, 6) is 1.53. The molecule has 1 atom stereocenters. The van der Waals surface area contributed by atoms with Crippen LogP contribution in [-0.4, -0.2) is 32.6 Å². The lowest BCUT2D eigenvalue weighted by molar-refractivity contribution is -0.132. The Bertz CT molecular complexity index is 925. The summed E-state index contributed by atoms with van der Waals surface area (Å²) >= 11 is 5.34. The topological polar surface area (TPSA) is 67.1 Å². The minimum Gasteiger partial charge on any atom is -0.467 e. The number of carbonyl (C=O) groups is 1. The molecule has 2 heterocycles. The zero-order valence-corrected chi connectivity index (χ0v) is 15.9. The zero-order chi connectivity index (χ0) is 18.7. The molecule has 0 saturated carbocycles. The van der Waals surface area contributed by atoms with Gasteiger partial charge in [0.25, 0.3) is 0 Å². The molecule has 0 aliphatic heterocycles. The number of nitrogens with zero attached hydrogens (tertiary/aromatic N) is 3. The molecule has 1 amide bonds. The van der Waals surface area contributed by atoms with Crippen molar-refractivity contribution in [3.8, 4) is 11.4 Å². The van der Waals surface area contributed by atoms with Gasteiger partial charge in [0.1, 0.15) is 5.76 Å². The molecule has 1 unspecified atom stereocenters. The largest absolute Gasteiger partial charge is 0.467 e. The molecular weight excluding hydrogens is 348 g/mol. The fourth-order valence-corrected chi connectivity index (χ4v) is 2.99. The van der Waals surface area contributed by atoms with E-state index in [1.54, 1.807) is 18.2 Å². The van der Waals surface area contributed by atoms with Gasteiger partial charge in [-0.05, 0) is 38.2 Å². The van der Waals surface area contributed by atoms with Crippen LogP contribution in [0.25, 0.3) is 11.4 Å². The summed E-state index contributed by atoms with van der Waals surface area (Å²) in [4.78, 5) is 14.3. The van der Waals surface area contributed by atoms with Crippen molar-refractivity contribution in [3.63, 3.8) is 0 Å². The maximum absolute atomic E-state index is 12.6. The lowest BCUT2D eigenvalue weighted by Crippen LogP contribution is -2.30. The van der Waals surface area contributed by atoms with E-state index in [1.165, 1.54) is 5.56 Å². The van der Waals surface area contributed by atoms with E-state index >= 15 is 0 Å². The molecule has 26 heavy (non-hydrogen) atoms. The van der Waals surface area contributed by atoms with Crippen LogP contribution in [0.15, 0.2) is 47.1 Å². The van der Waals surface area contributed by atoms with Gasteiger partial charge in [-0.1, -0.05) is 29.8 Å². The Hall–Kier alpha value is -2.67. The van der Waals surface area contributed by atoms with Gasteiger partial charge in [-0.2, -0.15) is 5.10 Å². The van der Waals surface area contributed by atoms with Gasteiger partial charge in [-0.15, -0.1) is 0 Å². The molecule has 0 radical (unpaired) electrons. The first kappa shape index (κ1) is 18.1. The van der Waals surface area contributed by atoms with Gasteiger partial charge >= 0.3 is 0 Å². The number of aryl methyl sites for hydroxylation is 1. The number of hydrogen-bond acceptors (Lipinski definition) is 4. The van der Waals surface area contributed by atoms with Crippen LogP contribution in [0.2, 0.25) is 0 Å². The predicted octanol–water partition coefficient (Wildman–Crippen LogP) is 4.12. The summed E-state index contributed by atoms with van der Waals surface area (Å²) < 4.78 is 7.77. The van der Waals surface area contributed by atoms with Gasteiger partial charge < -0.3 is 9.32 Å². The number of nitrogens with one attached hydrogen (secondary N) is 1. The van der Waals surface area contributed by atoms with Crippen molar-refractivity contribution in [1.82, 2.24) is 19.7 Å². The van der Waals surface area contributed by atoms with Crippen LogP contribution in [0.3, 0.4) is 0 Å². The fourth-order valence-electron chi connectivity index (χ4n) is 2.77. The molecule has 0 saturated heterocycles. The lowest BCUT2D eigenvalue weighted by atomic mass is 10.1. The summed E-state index contributed by atoms with van der Waals surface area (Å²) in [6.45, 7) is 4.44. The standard InChI is InChI=1S/C19H22N4O2S/c1-13-6-8-15(9-7-13)18-20-21-19(26)23(18)11-10-17(24)22(3)14(2)16-5-4-12-25-16/h4-9,12,14H,10-11H2,1-3H3,(H,21,26). The molecule has 0 aliphatic rings. The number of rotatable bonds is 6. The molecule has 0 spiro atoms. The van der Waals surface area contributed by atoms with E-state index in [-0.39, 0.29) is 11.9 Å². The summed E-state index contributed by atoms with van der Waals surface area (Å²) in [6.07, 6.45) is 1.94. The Morgan fingerprint density at radius 3 is 2.73 bits per heavy atom. The molecule has 3 aromatic rings. The van der Waals surface area contributed by atoms with E-state index in [0.29, 0.717) is 17.7 Å². The minimum absolute atomic E-state index is 0.0202. The molecule has 6 nitrogen and oxygen atoms in total. The molecular formula is C19H22N4O2S. The second-order valence-electron chi connectivity index (χ2n) is 6.32. The van der Waals surface area contributed by atoms with Gasteiger partial charge in [0.05, 0.1) is 12.3 Å². The Balaban J connectivity index is 1.72. The number of benzene rings is 1. The van der Waals surface area contributed by atoms with E-state index in [2.05, 4.69) is 10.2 Å². The van der Waals surface area contributed by atoms with Crippen LogP contribution in [0.4, 0.5) is 0 Å². The summed E-state index contributed by atoms with van der Waals surface area (Å²) in [5.41, 5.74) is 2.14. The fraction of sp³-hybridized carbons (Fsp3) is 0.316. The smallest absolute Gasteiger partial charge is 0.224 e. The first-order valence-corrected chi connectivity index (χ1v) is 8.89. The minimum atomic E-state index is -0.119. The highest BCUT2D eigenvalue weighted by atomic mass is 32.1. The van der Waals surface area contributed by atoms with Crippen LogP contribution < -0.4 is 0 Å². The summed E-state index contributed by atoms with van der Waals surface area (Å²) in [5, 5.41) is 7.14. The first-order chi connectivity index (χ1) is 12.5. The van der Waals surface area contributed by atoms with Gasteiger partial charge in [-0.3, -0.25) is 14.5 Å². The van der Waals surface area contributed by atoms with Crippen molar-refractivity contribution in [2.45, 2.75) is 32.9 Å². The van der Waals surface area contributed by atoms with E-state index < -0.39 is 0 Å². The van der Waals surface area contributed by atoms with Crippen LogP contribution in [0, 0.1) is 11.7 Å². The number of furan rings is 1. The maximum atomic E-state index is 12.6. The number of aromatic nitrogens is 3. The normalized spacial score (nSPS) is 12.1. The Morgan fingerprint density at radius 2 is 2.08 bits per heavy atom. The van der Waals surface area contributed by atoms with Crippen LogP contribution in [0.5, 0.6) is 0 Å². The Kier molecular flexibility index (Phi) is 5.37. The number of carbonyl (C=O) groups excluding carboxylic acids is 1. The second-order valence-corrected chi connectivity index (χ2v) is 6.70. The quantitative estimate of drug-likeness (QED) is 0.663. The molecule has 0 bridgehead atoms. The van der Waals surface area contributed by atoms with E-state index in [1.807, 2.05) is 54.8 Å². The average Bonchev–Trinajstić information content (AvgIpc) is 3.29. The van der Waals surface area contributed by atoms with Crippen molar-refractivity contribution >= 4 is 18.1 Å². The van der Waals surface area contributed by atoms with Gasteiger partial charge in [0, 0.05) is 25.6 Å². The molecule has 0 aliphatic carbocycles. The summed E-state index contributed by atoms with van der Waals surface area (Å²) in [6, 6.07) is 11.6. The van der Waals surface area contributed by atoms with Crippen molar-refractivity contribution in [1.29, 1.82) is 0 Å². The number of hydrogen-bond donors (Lipinski definition) is 1. The van der Waals surface area contributed by atoms with Crippen molar-refractivity contribution < 1.29 is 9.21 Å². The third-order valence-corrected chi connectivity index (χ3v) is 4.86. The van der Waals surface area contributed by atoms with Crippen molar-refractivity contribution in [2.24, 2.45) is 0 Å². The Morgan fingerprint density at radius 1 is 1.35 bits per heavy atom. The third-order valence-electron chi connectivity index (χ3n) is 4.55. The van der Waals surface area contributed by atoms with E-state index in [4.69, 9.17) is 16.6 Å². The molecule has 136 valence electrons. The van der Waals surface area contributed by atoms with Crippen LogP contribution >= 0.6 is 12.2 Å². The molecule has 7 heteroatoms. The number of aromatic amines is 1. The van der Waals surface area contributed by atoms with Gasteiger partial charge in [-0.25, -0.2) is 0 Å². The van der Waals surface area contributed by atoms with Crippen LogP contribution in [0.1, 0.15) is 30.7 Å². The third kappa shape index (κ3) is 3.77. The lowest BCUT2D eigenvalue weighted by Gasteiger charge is -2.23. The van der Waals surface area contributed by atoms with Gasteiger partial charge in [0.15, 0.2) is 10.6 Å². The highest BCUT2D eigenvalue weighted by Crippen LogP contribution is 2.21. The summed E-state index contributed by atoms with van der Waals surface area (Å²) in [7, 11) is 1.78. The van der Waals surface area contributed by atoms with Crippen molar-refractivity contribution in [3.05, 3.63) is 58.8 Å². The van der Waals surface area contributed by atoms with Crippen molar-refractivity contribution in [2.75, 3.05) is 7.05 Å². The molecule has 1 aromatic carbocycles. The average molecular weight is 370 g/mol. The molecule has 3 rings (SSSR count). The van der Waals surface area contributed by atoms with Gasteiger partial charge in [0.2, 0.25) is 5.91 Å². The monoisotopic (exact) mass is 370 g/mol. The second kappa shape index (κ2) is 7.70. The Labute approximate surface area is 157 Å².